The molecule has 0 aliphatic rings. The van der Waals surface area contributed by atoms with Gasteiger partial charge in [0.15, 0.2) is 0 Å². The van der Waals surface area contributed by atoms with Crippen LogP contribution in [0.1, 0.15) is 5.56 Å². The van der Waals surface area contributed by atoms with E-state index in [1.165, 1.54) is 17.8 Å². The van der Waals surface area contributed by atoms with Crippen molar-refractivity contribution in [1.82, 2.24) is 10.2 Å². The Balaban J connectivity index is 1.70. The van der Waals surface area contributed by atoms with Crippen molar-refractivity contribution in [2.75, 3.05) is 0 Å². The second kappa shape index (κ2) is 6.93. The lowest BCUT2D eigenvalue weighted by molar-refractivity contribution is 0.465. The van der Waals surface area contributed by atoms with E-state index in [0.717, 1.165) is 10.0 Å². The molecule has 112 valence electrons. The van der Waals surface area contributed by atoms with Crippen molar-refractivity contribution >= 4 is 43.6 Å². The predicted molar refractivity (Wildman–Crippen MR) is 91.1 cm³/mol. The average molecular weight is 444 g/mol. The van der Waals surface area contributed by atoms with Crippen LogP contribution in [0.3, 0.4) is 0 Å². The van der Waals surface area contributed by atoms with E-state index in [1.54, 1.807) is 12.1 Å². The van der Waals surface area contributed by atoms with E-state index in [4.69, 9.17) is 4.42 Å². The highest BCUT2D eigenvalue weighted by Gasteiger charge is 2.10. The summed E-state index contributed by atoms with van der Waals surface area (Å²) in [5.41, 5.74) is 1.44. The Kier molecular flexibility index (Phi) is 4.95. The SMILES string of the molecule is Fc1cc(Br)ccc1CSc1nnc(-c2ccc(Br)cc2)o1. The van der Waals surface area contributed by atoms with Crippen LogP contribution in [0.15, 0.2) is 61.0 Å². The van der Waals surface area contributed by atoms with Crippen molar-refractivity contribution < 1.29 is 8.81 Å². The van der Waals surface area contributed by atoms with Gasteiger partial charge in [-0.3, -0.25) is 0 Å². The Bertz CT molecular complexity index is 792. The molecule has 0 radical (unpaired) electrons. The average Bonchev–Trinajstić information content (AvgIpc) is 2.96. The van der Waals surface area contributed by atoms with E-state index in [-0.39, 0.29) is 5.82 Å². The number of aromatic nitrogens is 2. The Morgan fingerprint density at radius 1 is 1.00 bits per heavy atom. The highest BCUT2D eigenvalue weighted by atomic mass is 79.9. The fourth-order valence-corrected chi connectivity index (χ4v) is 3.10. The van der Waals surface area contributed by atoms with Crippen LogP contribution in [0.5, 0.6) is 0 Å². The summed E-state index contributed by atoms with van der Waals surface area (Å²) in [5, 5.41) is 8.41. The molecule has 22 heavy (non-hydrogen) atoms. The molecule has 0 saturated carbocycles. The zero-order valence-electron chi connectivity index (χ0n) is 11.1. The number of thioether (sulfide) groups is 1. The summed E-state index contributed by atoms with van der Waals surface area (Å²) < 4.78 is 21.0. The lowest BCUT2D eigenvalue weighted by Crippen LogP contribution is -1.87. The summed E-state index contributed by atoms with van der Waals surface area (Å²) in [7, 11) is 0. The highest BCUT2D eigenvalue weighted by molar-refractivity contribution is 9.10. The monoisotopic (exact) mass is 442 g/mol. The second-order valence-corrected chi connectivity index (χ2v) is 7.16. The quantitative estimate of drug-likeness (QED) is 0.485. The third kappa shape index (κ3) is 3.77. The first-order chi connectivity index (χ1) is 10.6. The van der Waals surface area contributed by atoms with Gasteiger partial charge in [0.2, 0.25) is 5.89 Å². The standard InChI is InChI=1S/C15H9Br2FN2OS/c16-11-4-1-9(2-5-11)14-19-20-15(21-14)22-8-10-3-6-12(17)7-13(10)18/h1-7H,8H2. The summed E-state index contributed by atoms with van der Waals surface area (Å²) in [6.45, 7) is 0. The first-order valence-corrected chi connectivity index (χ1v) is 8.85. The van der Waals surface area contributed by atoms with E-state index >= 15 is 0 Å². The molecule has 0 aliphatic carbocycles. The summed E-state index contributed by atoms with van der Waals surface area (Å²) in [6.07, 6.45) is 0. The van der Waals surface area contributed by atoms with Crippen molar-refractivity contribution in [2.24, 2.45) is 0 Å². The maximum atomic E-state index is 13.7. The van der Waals surface area contributed by atoms with Gasteiger partial charge in [-0.25, -0.2) is 4.39 Å². The van der Waals surface area contributed by atoms with Gasteiger partial charge in [0, 0.05) is 20.3 Å². The molecule has 0 saturated heterocycles. The maximum Gasteiger partial charge on any atom is 0.277 e. The molecule has 0 N–H and O–H groups in total. The van der Waals surface area contributed by atoms with Crippen LogP contribution < -0.4 is 0 Å². The van der Waals surface area contributed by atoms with E-state index < -0.39 is 0 Å². The molecule has 7 heteroatoms. The molecule has 3 aromatic rings. The van der Waals surface area contributed by atoms with Gasteiger partial charge >= 0.3 is 0 Å². The highest BCUT2D eigenvalue weighted by Crippen LogP contribution is 2.27. The minimum Gasteiger partial charge on any atom is -0.411 e. The zero-order chi connectivity index (χ0) is 15.5. The molecule has 3 rings (SSSR count). The van der Waals surface area contributed by atoms with Crippen molar-refractivity contribution in [3.05, 3.63) is 62.8 Å². The van der Waals surface area contributed by atoms with Crippen LogP contribution >= 0.6 is 43.6 Å². The number of benzene rings is 2. The van der Waals surface area contributed by atoms with Crippen molar-refractivity contribution in [3.63, 3.8) is 0 Å². The Morgan fingerprint density at radius 3 is 2.45 bits per heavy atom. The molecule has 0 atom stereocenters. The molecule has 2 aromatic carbocycles. The van der Waals surface area contributed by atoms with Gasteiger partial charge in [-0.2, -0.15) is 0 Å². The molecule has 0 fully saturated rings. The van der Waals surface area contributed by atoms with Crippen LogP contribution in [0, 0.1) is 5.82 Å². The lowest BCUT2D eigenvalue weighted by Gasteiger charge is -2.01. The normalized spacial score (nSPS) is 10.9. The predicted octanol–water partition coefficient (Wildman–Crippen LogP) is 5.69. The minimum atomic E-state index is -0.255. The van der Waals surface area contributed by atoms with E-state index in [1.807, 2.05) is 24.3 Å². The zero-order valence-corrected chi connectivity index (χ0v) is 15.1. The van der Waals surface area contributed by atoms with Crippen LogP contribution in [0.4, 0.5) is 4.39 Å². The largest absolute Gasteiger partial charge is 0.411 e. The number of nitrogens with zero attached hydrogens (tertiary/aromatic N) is 2. The molecular formula is C15H9Br2FN2OS. The first-order valence-electron chi connectivity index (χ1n) is 6.28. The Morgan fingerprint density at radius 2 is 1.73 bits per heavy atom. The van der Waals surface area contributed by atoms with Crippen LogP contribution in [-0.4, -0.2) is 10.2 Å². The Labute approximate surface area is 147 Å². The number of hydrogen-bond donors (Lipinski definition) is 0. The fourth-order valence-electron chi connectivity index (χ4n) is 1.76. The molecular weight excluding hydrogens is 435 g/mol. The van der Waals surface area contributed by atoms with Crippen LogP contribution in [-0.2, 0) is 5.75 Å². The fraction of sp³-hybridized carbons (Fsp3) is 0.0667. The van der Waals surface area contributed by atoms with Gasteiger partial charge in [-0.15, -0.1) is 10.2 Å². The summed E-state index contributed by atoms with van der Waals surface area (Å²) in [5.74, 6) is 0.627. The van der Waals surface area contributed by atoms with E-state index in [0.29, 0.717) is 26.9 Å². The van der Waals surface area contributed by atoms with Crippen molar-refractivity contribution in [3.8, 4) is 11.5 Å². The molecule has 0 aliphatic heterocycles. The number of halogens is 3. The molecule has 1 heterocycles. The maximum absolute atomic E-state index is 13.7. The van der Waals surface area contributed by atoms with Gasteiger partial charge < -0.3 is 4.42 Å². The van der Waals surface area contributed by atoms with Crippen LogP contribution in [0.25, 0.3) is 11.5 Å². The molecule has 0 spiro atoms. The van der Waals surface area contributed by atoms with Gasteiger partial charge in [-0.1, -0.05) is 49.7 Å². The number of hydrogen-bond acceptors (Lipinski definition) is 4. The van der Waals surface area contributed by atoms with Crippen LogP contribution in [0.2, 0.25) is 0 Å². The molecule has 0 unspecified atom stereocenters. The van der Waals surface area contributed by atoms with E-state index in [9.17, 15) is 4.39 Å². The van der Waals surface area contributed by atoms with Gasteiger partial charge in [-0.05, 0) is 42.0 Å². The minimum absolute atomic E-state index is 0.255. The Hall–Kier alpha value is -1.18. The molecule has 0 bridgehead atoms. The van der Waals surface area contributed by atoms with Gasteiger partial charge in [0.25, 0.3) is 5.22 Å². The smallest absolute Gasteiger partial charge is 0.277 e. The summed E-state index contributed by atoms with van der Waals surface area (Å²) in [4.78, 5) is 0. The van der Waals surface area contributed by atoms with E-state index in [2.05, 4.69) is 42.1 Å². The van der Waals surface area contributed by atoms with Crippen molar-refractivity contribution in [1.29, 1.82) is 0 Å². The molecule has 0 amide bonds. The number of rotatable bonds is 4. The molecule has 1 aromatic heterocycles. The third-order valence-corrected chi connectivity index (χ3v) is 4.75. The lowest BCUT2D eigenvalue weighted by atomic mass is 10.2. The third-order valence-electron chi connectivity index (χ3n) is 2.86. The van der Waals surface area contributed by atoms with Gasteiger partial charge in [0.1, 0.15) is 5.82 Å². The second-order valence-electron chi connectivity index (χ2n) is 4.40. The van der Waals surface area contributed by atoms with Crippen molar-refractivity contribution in [2.45, 2.75) is 11.0 Å². The van der Waals surface area contributed by atoms with Gasteiger partial charge in [0.05, 0.1) is 0 Å². The summed E-state index contributed by atoms with van der Waals surface area (Å²) in [6, 6.07) is 12.6. The molecule has 3 nitrogen and oxygen atoms in total. The topological polar surface area (TPSA) is 38.9 Å². The first kappa shape index (κ1) is 15.7. The summed E-state index contributed by atoms with van der Waals surface area (Å²) >= 11 is 7.92.